The molecule has 4 aromatic rings. The molecule has 0 unspecified atom stereocenters. The van der Waals surface area contributed by atoms with Gasteiger partial charge in [0, 0.05) is 12.1 Å². The normalized spacial score (nSPS) is 11.6. The summed E-state index contributed by atoms with van der Waals surface area (Å²) in [6, 6.07) is 13.7. The summed E-state index contributed by atoms with van der Waals surface area (Å²) in [5, 5.41) is 4.28. The van der Waals surface area contributed by atoms with E-state index in [1.807, 2.05) is 49.5 Å². The van der Waals surface area contributed by atoms with Crippen molar-refractivity contribution in [3.63, 3.8) is 0 Å². The van der Waals surface area contributed by atoms with Crippen LogP contribution in [0.15, 0.2) is 61.3 Å². The summed E-state index contributed by atoms with van der Waals surface area (Å²) in [6.45, 7) is 5.31. The van der Waals surface area contributed by atoms with Gasteiger partial charge in [0.05, 0.1) is 32.4 Å². The van der Waals surface area contributed by atoms with Crippen molar-refractivity contribution >= 4 is 17.3 Å². The van der Waals surface area contributed by atoms with Gasteiger partial charge in [-0.3, -0.25) is 0 Å². The molecule has 8 nitrogen and oxygen atoms in total. The highest BCUT2D eigenvalue weighted by Crippen LogP contribution is 2.29. The van der Waals surface area contributed by atoms with Gasteiger partial charge in [0.25, 0.3) is 0 Å². The summed E-state index contributed by atoms with van der Waals surface area (Å²) in [7, 11) is 2.85. The molecule has 0 aliphatic heterocycles. The van der Waals surface area contributed by atoms with Crippen molar-refractivity contribution < 1.29 is 19.0 Å². The highest BCUT2D eigenvalue weighted by molar-refractivity contribution is 6.16. The van der Waals surface area contributed by atoms with E-state index < -0.39 is 5.97 Å². The number of aryl methyl sites for hydroxylation is 2. The molecule has 0 aliphatic rings. The van der Waals surface area contributed by atoms with E-state index in [4.69, 9.17) is 14.2 Å². The number of carbonyl (C=O) groups excluding carboxylic acids is 1. The molecule has 0 radical (unpaired) electrons. The number of benzene rings is 2. The minimum absolute atomic E-state index is 0.290. The molecule has 0 spiro atoms. The molecule has 0 fully saturated rings. The molecule has 0 aliphatic carbocycles. The number of imidazole rings is 1. The highest BCUT2D eigenvalue weighted by Gasteiger charge is 2.18. The first-order valence-electron chi connectivity index (χ1n) is 11.1. The smallest absolute Gasteiger partial charge is 0.341 e. The van der Waals surface area contributed by atoms with Gasteiger partial charge in [0.1, 0.15) is 24.3 Å². The fraction of sp³-hybridized carbons (Fsp3) is 0.269. The number of fused-ring (bicyclic) bond motifs is 1. The molecular formula is C26H28N4O4. The minimum Gasteiger partial charge on any atom is -0.503 e. The van der Waals surface area contributed by atoms with Crippen molar-refractivity contribution in [2.75, 3.05) is 14.2 Å². The van der Waals surface area contributed by atoms with Crippen LogP contribution in [0.4, 0.5) is 0 Å². The number of hydrogen-bond acceptors (Lipinski definition) is 6. The van der Waals surface area contributed by atoms with Crippen LogP contribution in [0, 0.1) is 6.92 Å². The maximum absolute atomic E-state index is 12.3. The van der Waals surface area contributed by atoms with Crippen LogP contribution < -0.4 is 4.74 Å². The van der Waals surface area contributed by atoms with Crippen LogP contribution in [0.3, 0.4) is 0 Å². The van der Waals surface area contributed by atoms with E-state index in [0.29, 0.717) is 17.7 Å². The Morgan fingerprint density at radius 2 is 1.97 bits per heavy atom. The molecule has 0 saturated carbocycles. The molecule has 0 bridgehead atoms. The number of esters is 1. The maximum atomic E-state index is 12.3. The largest absolute Gasteiger partial charge is 0.503 e. The van der Waals surface area contributed by atoms with Crippen LogP contribution in [0.2, 0.25) is 0 Å². The Labute approximate surface area is 198 Å². The molecule has 2 aromatic heterocycles. The monoisotopic (exact) mass is 460 g/mol. The summed E-state index contributed by atoms with van der Waals surface area (Å²) < 4.78 is 20.1. The maximum Gasteiger partial charge on any atom is 0.341 e. The molecule has 8 heteroatoms. The van der Waals surface area contributed by atoms with Crippen LogP contribution in [0.25, 0.3) is 22.6 Å². The zero-order chi connectivity index (χ0) is 24.1. The molecular weight excluding hydrogens is 432 g/mol. The summed E-state index contributed by atoms with van der Waals surface area (Å²) >= 11 is 0. The van der Waals surface area contributed by atoms with E-state index in [-0.39, 0.29) is 0 Å². The Balaban J connectivity index is 1.59. The number of ether oxygens (including phenoxy) is 3. The lowest BCUT2D eigenvalue weighted by Gasteiger charge is -2.15. The van der Waals surface area contributed by atoms with Gasteiger partial charge in [-0.25, -0.2) is 9.31 Å². The standard InChI is InChI=1S/C26H28N4O4/c1-5-12-29-23(14-30-26(29)27-17-28-30)19-10-11-24(18(2)13-19)34-15-20-8-6-7-9-21(20)22(16-32-3)25(31)33-4/h6-11,13-14,16-17H,5,12,15H2,1-4H3/b22-16-. The lowest BCUT2D eigenvalue weighted by molar-refractivity contribution is -0.133. The third kappa shape index (κ3) is 4.52. The topological polar surface area (TPSA) is 79.9 Å². The van der Waals surface area contributed by atoms with E-state index >= 15 is 0 Å². The van der Waals surface area contributed by atoms with Crippen molar-refractivity contribution in [3.8, 4) is 17.0 Å². The van der Waals surface area contributed by atoms with Gasteiger partial charge in [0.15, 0.2) is 0 Å². The van der Waals surface area contributed by atoms with Gasteiger partial charge in [-0.2, -0.15) is 10.1 Å². The van der Waals surface area contributed by atoms with Crippen molar-refractivity contribution in [2.45, 2.75) is 33.4 Å². The fourth-order valence-corrected chi connectivity index (χ4v) is 3.98. The number of nitrogens with zero attached hydrogens (tertiary/aromatic N) is 4. The van der Waals surface area contributed by atoms with Crippen LogP contribution in [-0.2, 0) is 27.4 Å². The lowest BCUT2D eigenvalue weighted by Crippen LogP contribution is -2.08. The number of hydrogen-bond donors (Lipinski definition) is 0. The van der Waals surface area contributed by atoms with Gasteiger partial charge in [-0.1, -0.05) is 31.2 Å². The summed E-state index contributed by atoms with van der Waals surface area (Å²) in [5.74, 6) is 1.13. The van der Waals surface area contributed by atoms with E-state index in [0.717, 1.165) is 46.9 Å². The van der Waals surface area contributed by atoms with Crippen LogP contribution in [-0.4, -0.2) is 39.4 Å². The second-order valence-electron chi connectivity index (χ2n) is 7.86. The summed E-state index contributed by atoms with van der Waals surface area (Å²) in [6.07, 6.45) is 5.95. The molecule has 34 heavy (non-hydrogen) atoms. The SMILES string of the molecule is CCCn1c(-c2ccc(OCc3ccccc3/C(=C/OC)C(=O)OC)c(C)c2)cn2ncnc12. The molecule has 2 aromatic carbocycles. The molecule has 2 heterocycles. The Kier molecular flexibility index (Phi) is 6.96. The first-order valence-corrected chi connectivity index (χ1v) is 11.1. The fourth-order valence-electron chi connectivity index (χ4n) is 3.98. The minimum atomic E-state index is -0.467. The van der Waals surface area contributed by atoms with Crippen LogP contribution in [0.1, 0.15) is 30.0 Å². The third-order valence-electron chi connectivity index (χ3n) is 5.58. The predicted molar refractivity (Wildman–Crippen MR) is 129 cm³/mol. The average Bonchev–Trinajstić information content (AvgIpc) is 3.44. The quantitative estimate of drug-likeness (QED) is 0.205. The Morgan fingerprint density at radius 3 is 2.71 bits per heavy atom. The molecule has 0 N–H and O–H groups in total. The van der Waals surface area contributed by atoms with E-state index in [9.17, 15) is 4.79 Å². The zero-order valence-corrected chi connectivity index (χ0v) is 19.8. The Hall–Kier alpha value is -4.07. The summed E-state index contributed by atoms with van der Waals surface area (Å²) in [5.41, 5.74) is 5.03. The summed E-state index contributed by atoms with van der Waals surface area (Å²) in [4.78, 5) is 16.6. The average molecular weight is 461 g/mol. The molecule has 4 rings (SSSR count). The van der Waals surface area contributed by atoms with Gasteiger partial charge < -0.3 is 18.8 Å². The second-order valence-corrected chi connectivity index (χ2v) is 7.86. The number of aromatic nitrogens is 4. The molecule has 0 saturated heterocycles. The van der Waals surface area contributed by atoms with Crippen LogP contribution in [0.5, 0.6) is 5.75 Å². The third-order valence-corrected chi connectivity index (χ3v) is 5.58. The second kappa shape index (κ2) is 10.2. The first kappa shape index (κ1) is 23.1. The highest BCUT2D eigenvalue weighted by atomic mass is 16.5. The zero-order valence-electron chi connectivity index (χ0n) is 19.8. The number of rotatable bonds is 9. The van der Waals surface area contributed by atoms with E-state index in [1.54, 1.807) is 10.8 Å². The van der Waals surface area contributed by atoms with Crippen LogP contribution >= 0.6 is 0 Å². The lowest BCUT2D eigenvalue weighted by atomic mass is 10.0. The Bertz CT molecular complexity index is 1340. The van der Waals surface area contributed by atoms with Crippen molar-refractivity contribution in [1.82, 2.24) is 19.2 Å². The molecule has 0 atom stereocenters. The van der Waals surface area contributed by atoms with Crippen molar-refractivity contribution in [1.29, 1.82) is 0 Å². The van der Waals surface area contributed by atoms with E-state index in [2.05, 4.69) is 27.6 Å². The van der Waals surface area contributed by atoms with Gasteiger partial charge in [-0.05, 0) is 48.2 Å². The number of methoxy groups -OCH3 is 2. The number of carbonyl (C=O) groups is 1. The Morgan fingerprint density at radius 1 is 1.15 bits per heavy atom. The van der Waals surface area contributed by atoms with E-state index in [1.165, 1.54) is 20.5 Å². The predicted octanol–water partition coefficient (Wildman–Crippen LogP) is 4.66. The molecule has 176 valence electrons. The van der Waals surface area contributed by atoms with Gasteiger partial charge in [0.2, 0.25) is 5.78 Å². The van der Waals surface area contributed by atoms with Gasteiger partial charge >= 0.3 is 5.97 Å². The van der Waals surface area contributed by atoms with Crippen molar-refractivity contribution in [2.24, 2.45) is 0 Å². The van der Waals surface area contributed by atoms with Gasteiger partial charge in [-0.15, -0.1) is 0 Å². The first-order chi connectivity index (χ1) is 16.6. The van der Waals surface area contributed by atoms with Crippen molar-refractivity contribution in [3.05, 3.63) is 77.9 Å². The molecule has 0 amide bonds.